The largest absolute Gasteiger partial charge is 0.332 e. The Morgan fingerprint density at radius 2 is 2.15 bits per heavy atom. The summed E-state index contributed by atoms with van der Waals surface area (Å²) in [6.07, 6.45) is 5.75. The predicted octanol–water partition coefficient (Wildman–Crippen LogP) is 2.89. The van der Waals surface area contributed by atoms with Gasteiger partial charge < -0.3 is 14.0 Å². The number of fused-ring (bicyclic) bond motifs is 1. The Balaban J connectivity index is 1.53. The SMILES string of the molecule is CSc1nnc([C@H]2CCCN2C(=O)[C@@H](C)Cn2cnc3ccccc32)n1C. The Morgan fingerprint density at radius 3 is 2.93 bits per heavy atom. The first-order valence-corrected chi connectivity index (χ1v) is 10.5. The summed E-state index contributed by atoms with van der Waals surface area (Å²) in [7, 11) is 1.98. The molecule has 27 heavy (non-hydrogen) atoms. The molecule has 3 heterocycles. The second-order valence-corrected chi connectivity index (χ2v) is 7.85. The van der Waals surface area contributed by atoms with Gasteiger partial charge in [0.15, 0.2) is 11.0 Å². The van der Waals surface area contributed by atoms with Crippen molar-refractivity contribution >= 4 is 28.7 Å². The molecule has 0 N–H and O–H groups in total. The first kappa shape index (κ1) is 18.0. The summed E-state index contributed by atoms with van der Waals surface area (Å²) < 4.78 is 4.08. The van der Waals surface area contributed by atoms with E-state index in [1.807, 2.05) is 60.3 Å². The third-order valence-electron chi connectivity index (χ3n) is 5.30. The third-order valence-corrected chi connectivity index (χ3v) is 6.03. The Kier molecular flexibility index (Phi) is 4.90. The lowest BCUT2D eigenvalue weighted by Gasteiger charge is -2.27. The average molecular weight is 385 g/mol. The number of benzene rings is 1. The molecule has 0 spiro atoms. The fourth-order valence-corrected chi connectivity index (χ4v) is 4.39. The van der Waals surface area contributed by atoms with Crippen LogP contribution in [-0.4, -0.2) is 47.9 Å². The number of carbonyl (C=O) groups is 1. The lowest BCUT2D eigenvalue weighted by Crippen LogP contribution is -2.37. The maximum atomic E-state index is 13.2. The van der Waals surface area contributed by atoms with E-state index in [1.165, 1.54) is 0 Å². The van der Waals surface area contributed by atoms with Crippen LogP contribution in [0.2, 0.25) is 0 Å². The number of para-hydroxylation sites is 2. The molecule has 4 rings (SSSR count). The lowest BCUT2D eigenvalue weighted by atomic mass is 10.1. The van der Waals surface area contributed by atoms with E-state index >= 15 is 0 Å². The molecule has 1 aliphatic rings. The zero-order chi connectivity index (χ0) is 19.0. The number of aromatic nitrogens is 5. The van der Waals surface area contributed by atoms with Crippen molar-refractivity contribution in [1.29, 1.82) is 0 Å². The summed E-state index contributed by atoms with van der Waals surface area (Å²) in [5.41, 5.74) is 2.02. The Labute approximate surface area is 162 Å². The minimum Gasteiger partial charge on any atom is -0.332 e. The van der Waals surface area contributed by atoms with Gasteiger partial charge in [0.05, 0.1) is 29.3 Å². The van der Waals surface area contributed by atoms with E-state index in [9.17, 15) is 4.79 Å². The van der Waals surface area contributed by atoms with Crippen molar-refractivity contribution in [3.63, 3.8) is 0 Å². The molecule has 0 unspecified atom stereocenters. The van der Waals surface area contributed by atoms with E-state index < -0.39 is 0 Å². The molecule has 142 valence electrons. The standard InChI is InChI=1S/C19H24N6OS/c1-13(11-24-12-20-14-7-4-5-8-15(14)24)18(26)25-10-6-9-16(25)17-21-22-19(27-3)23(17)2/h4-5,7-8,12-13,16H,6,9-11H2,1-3H3/t13-,16+/m0/s1. The Morgan fingerprint density at radius 1 is 1.33 bits per heavy atom. The average Bonchev–Trinajstić information content (AvgIpc) is 3.39. The molecule has 0 saturated carbocycles. The molecular weight excluding hydrogens is 360 g/mol. The van der Waals surface area contributed by atoms with Crippen LogP contribution in [0.25, 0.3) is 11.0 Å². The maximum Gasteiger partial charge on any atom is 0.227 e. The van der Waals surface area contributed by atoms with Crippen LogP contribution < -0.4 is 0 Å². The number of hydrogen-bond donors (Lipinski definition) is 0. The highest BCUT2D eigenvalue weighted by molar-refractivity contribution is 7.98. The van der Waals surface area contributed by atoms with Crippen LogP contribution in [0.1, 0.15) is 31.6 Å². The van der Waals surface area contributed by atoms with Crippen molar-refractivity contribution in [3.05, 3.63) is 36.4 Å². The van der Waals surface area contributed by atoms with Gasteiger partial charge >= 0.3 is 0 Å². The van der Waals surface area contributed by atoms with Gasteiger partial charge in [0, 0.05) is 20.1 Å². The number of thioether (sulfide) groups is 1. The molecule has 1 fully saturated rings. The molecule has 0 radical (unpaired) electrons. The van der Waals surface area contributed by atoms with Crippen LogP contribution in [-0.2, 0) is 18.4 Å². The van der Waals surface area contributed by atoms with Gasteiger partial charge in [-0.05, 0) is 31.2 Å². The molecule has 1 amide bonds. The Bertz CT molecular complexity index is 964. The number of carbonyl (C=O) groups excluding carboxylic acids is 1. The molecule has 3 aromatic rings. The van der Waals surface area contributed by atoms with Crippen LogP contribution in [0.5, 0.6) is 0 Å². The monoisotopic (exact) mass is 384 g/mol. The highest BCUT2D eigenvalue weighted by Crippen LogP contribution is 2.33. The molecule has 0 aliphatic carbocycles. The lowest BCUT2D eigenvalue weighted by molar-refractivity contribution is -0.136. The van der Waals surface area contributed by atoms with Crippen LogP contribution in [0.15, 0.2) is 35.7 Å². The molecule has 2 atom stereocenters. The summed E-state index contributed by atoms with van der Waals surface area (Å²) in [5, 5.41) is 9.48. The number of nitrogens with zero attached hydrogens (tertiary/aromatic N) is 6. The van der Waals surface area contributed by atoms with Gasteiger partial charge in [-0.25, -0.2) is 4.98 Å². The van der Waals surface area contributed by atoms with Gasteiger partial charge in [0.2, 0.25) is 5.91 Å². The van der Waals surface area contributed by atoms with Crippen LogP contribution in [0.3, 0.4) is 0 Å². The molecule has 7 nitrogen and oxygen atoms in total. The summed E-state index contributed by atoms with van der Waals surface area (Å²) in [6.45, 7) is 3.40. The van der Waals surface area contributed by atoms with Gasteiger partial charge in [0.25, 0.3) is 0 Å². The summed E-state index contributed by atoms with van der Waals surface area (Å²) in [5.74, 6) is 0.922. The van der Waals surface area contributed by atoms with Gasteiger partial charge in [-0.15, -0.1) is 10.2 Å². The molecule has 1 aliphatic heterocycles. The normalized spacial score (nSPS) is 18.3. The Hall–Kier alpha value is -2.35. The third kappa shape index (κ3) is 3.22. The minimum atomic E-state index is -0.128. The predicted molar refractivity (Wildman–Crippen MR) is 105 cm³/mol. The van der Waals surface area contributed by atoms with E-state index in [0.717, 1.165) is 41.4 Å². The molecule has 1 saturated heterocycles. The van der Waals surface area contributed by atoms with Crippen LogP contribution in [0.4, 0.5) is 0 Å². The van der Waals surface area contributed by atoms with Gasteiger partial charge in [-0.3, -0.25) is 4.79 Å². The van der Waals surface area contributed by atoms with Crippen LogP contribution in [0, 0.1) is 5.92 Å². The molecule has 2 aromatic heterocycles. The van der Waals surface area contributed by atoms with Gasteiger partial charge in [-0.1, -0.05) is 30.8 Å². The van der Waals surface area contributed by atoms with E-state index in [2.05, 4.69) is 19.7 Å². The first-order chi connectivity index (χ1) is 13.1. The van der Waals surface area contributed by atoms with Gasteiger partial charge in [0.1, 0.15) is 0 Å². The fraction of sp³-hybridized carbons (Fsp3) is 0.474. The summed E-state index contributed by atoms with van der Waals surface area (Å²) in [4.78, 5) is 19.6. The molecule has 0 bridgehead atoms. The number of amides is 1. The van der Waals surface area contributed by atoms with Crippen molar-refractivity contribution in [2.45, 2.75) is 37.5 Å². The minimum absolute atomic E-state index is 0.0119. The summed E-state index contributed by atoms with van der Waals surface area (Å²) >= 11 is 1.57. The van der Waals surface area contributed by atoms with Crippen molar-refractivity contribution in [2.75, 3.05) is 12.8 Å². The van der Waals surface area contributed by atoms with E-state index in [-0.39, 0.29) is 17.9 Å². The van der Waals surface area contributed by atoms with Crippen molar-refractivity contribution in [3.8, 4) is 0 Å². The second kappa shape index (κ2) is 7.34. The number of likely N-dealkylation sites (tertiary alicyclic amines) is 1. The molecule has 8 heteroatoms. The zero-order valence-corrected chi connectivity index (χ0v) is 16.7. The van der Waals surface area contributed by atoms with Crippen molar-refractivity contribution in [2.24, 2.45) is 13.0 Å². The van der Waals surface area contributed by atoms with Crippen molar-refractivity contribution in [1.82, 2.24) is 29.2 Å². The highest BCUT2D eigenvalue weighted by Gasteiger charge is 2.35. The van der Waals surface area contributed by atoms with Crippen molar-refractivity contribution < 1.29 is 4.79 Å². The van der Waals surface area contributed by atoms with Crippen LogP contribution >= 0.6 is 11.8 Å². The number of imidazole rings is 1. The topological polar surface area (TPSA) is 68.8 Å². The highest BCUT2D eigenvalue weighted by atomic mass is 32.2. The summed E-state index contributed by atoms with van der Waals surface area (Å²) in [6, 6.07) is 8.03. The fourth-order valence-electron chi connectivity index (χ4n) is 3.91. The van der Waals surface area contributed by atoms with E-state index in [1.54, 1.807) is 11.8 Å². The number of hydrogen-bond acceptors (Lipinski definition) is 5. The maximum absolute atomic E-state index is 13.2. The van der Waals surface area contributed by atoms with Gasteiger partial charge in [-0.2, -0.15) is 0 Å². The number of rotatable bonds is 5. The quantitative estimate of drug-likeness (QED) is 0.633. The molecular formula is C19H24N6OS. The second-order valence-electron chi connectivity index (χ2n) is 7.08. The zero-order valence-electron chi connectivity index (χ0n) is 15.9. The smallest absolute Gasteiger partial charge is 0.227 e. The first-order valence-electron chi connectivity index (χ1n) is 9.23. The molecule has 1 aromatic carbocycles. The van der Waals surface area contributed by atoms with E-state index in [4.69, 9.17) is 0 Å². The van der Waals surface area contributed by atoms with E-state index in [0.29, 0.717) is 6.54 Å².